The largest absolute Gasteiger partial charge is 0.377 e. The lowest BCUT2D eigenvalue weighted by atomic mass is 10.1. The summed E-state index contributed by atoms with van der Waals surface area (Å²) in [6.45, 7) is 0. The Labute approximate surface area is 130 Å². The zero-order valence-electron chi connectivity index (χ0n) is 10.1. The lowest BCUT2D eigenvalue weighted by Crippen LogP contribution is -2.08. The topological polar surface area (TPSA) is 12.0 Å². The molecule has 2 aromatic carbocycles. The maximum atomic E-state index is 13.2. The molecule has 1 atom stereocenters. The standard InChI is InChI=1S/C15H12ClFIN/c16-10-2-6-15(13(18)8-10)19-14-5-1-9-7-11(17)3-4-12(9)14/h2-4,6-8,14,19H,1,5H2. The minimum absolute atomic E-state index is 0.152. The molecule has 1 aliphatic rings. The molecule has 1 aliphatic carbocycles. The maximum absolute atomic E-state index is 13.2. The predicted molar refractivity (Wildman–Crippen MR) is 85.3 cm³/mol. The second-order valence-electron chi connectivity index (χ2n) is 4.70. The highest BCUT2D eigenvalue weighted by atomic mass is 127. The molecular formula is C15H12ClFIN. The molecule has 19 heavy (non-hydrogen) atoms. The molecule has 3 rings (SSSR count). The average molecular weight is 388 g/mol. The smallest absolute Gasteiger partial charge is 0.123 e. The Morgan fingerprint density at radius 3 is 2.84 bits per heavy atom. The Balaban J connectivity index is 1.86. The third-order valence-electron chi connectivity index (χ3n) is 3.44. The van der Waals surface area contributed by atoms with Gasteiger partial charge in [-0.25, -0.2) is 4.39 Å². The normalized spacial score (nSPS) is 17.3. The van der Waals surface area contributed by atoms with Crippen molar-refractivity contribution in [1.29, 1.82) is 0 Å². The maximum Gasteiger partial charge on any atom is 0.123 e. The van der Waals surface area contributed by atoms with Gasteiger partial charge < -0.3 is 5.32 Å². The summed E-state index contributed by atoms with van der Waals surface area (Å²) in [4.78, 5) is 0. The first-order valence-electron chi connectivity index (χ1n) is 6.13. The lowest BCUT2D eigenvalue weighted by molar-refractivity contribution is 0.626. The molecule has 98 valence electrons. The molecule has 2 aromatic rings. The molecule has 0 saturated carbocycles. The van der Waals surface area contributed by atoms with Crippen LogP contribution in [0, 0.1) is 9.39 Å². The predicted octanol–water partition coefficient (Wildman–Crippen LogP) is 5.18. The molecule has 0 amide bonds. The molecule has 0 bridgehead atoms. The number of benzene rings is 2. The highest BCUT2D eigenvalue weighted by Gasteiger charge is 2.23. The van der Waals surface area contributed by atoms with Crippen LogP contribution in [0.15, 0.2) is 36.4 Å². The number of rotatable bonds is 2. The molecule has 1 unspecified atom stereocenters. The van der Waals surface area contributed by atoms with Crippen LogP contribution in [0.5, 0.6) is 0 Å². The first kappa shape index (κ1) is 13.2. The van der Waals surface area contributed by atoms with Crippen LogP contribution >= 0.6 is 34.2 Å². The minimum atomic E-state index is -0.152. The molecule has 0 fully saturated rings. The molecular weight excluding hydrogens is 376 g/mol. The van der Waals surface area contributed by atoms with E-state index in [0.717, 1.165) is 32.7 Å². The Morgan fingerprint density at radius 2 is 2.05 bits per heavy atom. The first-order valence-corrected chi connectivity index (χ1v) is 7.59. The summed E-state index contributed by atoms with van der Waals surface area (Å²) in [6, 6.07) is 11.1. The third kappa shape index (κ3) is 2.72. The highest BCUT2D eigenvalue weighted by molar-refractivity contribution is 14.1. The van der Waals surface area contributed by atoms with Crippen molar-refractivity contribution >= 4 is 39.9 Å². The van der Waals surface area contributed by atoms with E-state index in [1.165, 1.54) is 11.6 Å². The SMILES string of the molecule is Fc1ccc2c(c1)CCC2Nc1ccc(Cl)cc1I. The summed E-state index contributed by atoms with van der Waals surface area (Å²) < 4.78 is 14.3. The lowest BCUT2D eigenvalue weighted by Gasteiger charge is -2.17. The molecule has 0 radical (unpaired) electrons. The second-order valence-corrected chi connectivity index (χ2v) is 6.30. The zero-order valence-corrected chi connectivity index (χ0v) is 13.0. The minimum Gasteiger partial charge on any atom is -0.377 e. The van der Waals surface area contributed by atoms with Gasteiger partial charge in [-0.3, -0.25) is 0 Å². The summed E-state index contributed by atoms with van der Waals surface area (Å²) in [7, 11) is 0. The van der Waals surface area contributed by atoms with Gasteiger partial charge in [0.1, 0.15) is 5.82 Å². The number of aryl methyl sites for hydroxylation is 1. The fourth-order valence-electron chi connectivity index (χ4n) is 2.53. The van der Waals surface area contributed by atoms with E-state index >= 15 is 0 Å². The Kier molecular flexibility index (Phi) is 3.67. The van der Waals surface area contributed by atoms with Crippen LogP contribution in [0.1, 0.15) is 23.6 Å². The van der Waals surface area contributed by atoms with Crippen molar-refractivity contribution in [2.45, 2.75) is 18.9 Å². The number of anilines is 1. The van der Waals surface area contributed by atoms with Crippen molar-refractivity contribution in [1.82, 2.24) is 0 Å². The summed E-state index contributed by atoms with van der Waals surface area (Å²) in [5.41, 5.74) is 3.39. The monoisotopic (exact) mass is 387 g/mol. The molecule has 0 aliphatic heterocycles. The van der Waals surface area contributed by atoms with Gasteiger partial charge >= 0.3 is 0 Å². The number of hydrogen-bond donors (Lipinski definition) is 1. The molecule has 4 heteroatoms. The molecule has 0 heterocycles. The van der Waals surface area contributed by atoms with E-state index in [-0.39, 0.29) is 11.9 Å². The fraction of sp³-hybridized carbons (Fsp3) is 0.200. The Hall–Kier alpha value is -0.810. The van der Waals surface area contributed by atoms with Gasteiger partial charge in [0.25, 0.3) is 0 Å². The van der Waals surface area contributed by atoms with Crippen LogP contribution in [0.4, 0.5) is 10.1 Å². The number of nitrogens with one attached hydrogen (secondary N) is 1. The van der Waals surface area contributed by atoms with E-state index in [1.54, 1.807) is 6.07 Å². The number of halogens is 3. The van der Waals surface area contributed by atoms with Crippen LogP contribution in [0.3, 0.4) is 0 Å². The summed E-state index contributed by atoms with van der Waals surface area (Å²) in [5, 5.41) is 4.26. The van der Waals surface area contributed by atoms with Crippen LogP contribution in [0.2, 0.25) is 5.02 Å². The van der Waals surface area contributed by atoms with Gasteiger partial charge in [-0.1, -0.05) is 17.7 Å². The van der Waals surface area contributed by atoms with E-state index in [1.807, 2.05) is 24.3 Å². The molecule has 1 N–H and O–H groups in total. The summed E-state index contributed by atoms with van der Waals surface area (Å²) in [6.07, 6.45) is 1.92. The van der Waals surface area contributed by atoms with Gasteiger partial charge in [-0.2, -0.15) is 0 Å². The van der Waals surface area contributed by atoms with E-state index in [0.29, 0.717) is 0 Å². The van der Waals surface area contributed by atoms with Crippen molar-refractivity contribution in [2.75, 3.05) is 5.32 Å². The second kappa shape index (κ2) is 5.29. The van der Waals surface area contributed by atoms with Crippen LogP contribution in [-0.2, 0) is 6.42 Å². The van der Waals surface area contributed by atoms with Crippen molar-refractivity contribution in [3.8, 4) is 0 Å². The van der Waals surface area contributed by atoms with Gasteiger partial charge in [-0.15, -0.1) is 0 Å². The van der Waals surface area contributed by atoms with E-state index in [4.69, 9.17) is 11.6 Å². The third-order valence-corrected chi connectivity index (χ3v) is 4.57. The van der Waals surface area contributed by atoms with E-state index in [2.05, 4.69) is 27.9 Å². The fourth-order valence-corrected chi connectivity index (χ4v) is 3.56. The van der Waals surface area contributed by atoms with Gasteiger partial charge in [0.15, 0.2) is 0 Å². The van der Waals surface area contributed by atoms with Gasteiger partial charge in [0, 0.05) is 14.3 Å². The molecule has 0 aromatic heterocycles. The quantitative estimate of drug-likeness (QED) is 0.700. The van der Waals surface area contributed by atoms with Gasteiger partial charge in [0.05, 0.1) is 6.04 Å². The molecule has 0 saturated heterocycles. The average Bonchev–Trinajstić information content (AvgIpc) is 2.75. The number of hydrogen-bond acceptors (Lipinski definition) is 1. The van der Waals surface area contributed by atoms with Crippen molar-refractivity contribution in [3.63, 3.8) is 0 Å². The zero-order chi connectivity index (χ0) is 13.4. The first-order chi connectivity index (χ1) is 9.13. The Bertz CT molecular complexity index is 630. The number of fused-ring (bicyclic) bond motifs is 1. The summed E-state index contributed by atoms with van der Waals surface area (Å²) >= 11 is 8.23. The van der Waals surface area contributed by atoms with Crippen LogP contribution < -0.4 is 5.32 Å². The van der Waals surface area contributed by atoms with Crippen LogP contribution in [0.25, 0.3) is 0 Å². The molecule has 0 spiro atoms. The van der Waals surface area contributed by atoms with Crippen LogP contribution in [-0.4, -0.2) is 0 Å². The van der Waals surface area contributed by atoms with Gasteiger partial charge in [0.2, 0.25) is 0 Å². The van der Waals surface area contributed by atoms with E-state index < -0.39 is 0 Å². The van der Waals surface area contributed by atoms with Crippen molar-refractivity contribution in [3.05, 3.63) is 61.9 Å². The van der Waals surface area contributed by atoms with Crippen molar-refractivity contribution < 1.29 is 4.39 Å². The Morgan fingerprint density at radius 1 is 1.21 bits per heavy atom. The molecule has 1 nitrogen and oxygen atoms in total. The van der Waals surface area contributed by atoms with Gasteiger partial charge in [-0.05, 0) is 76.9 Å². The van der Waals surface area contributed by atoms with Crippen molar-refractivity contribution in [2.24, 2.45) is 0 Å². The van der Waals surface area contributed by atoms with E-state index in [9.17, 15) is 4.39 Å². The summed E-state index contributed by atoms with van der Waals surface area (Å²) in [5.74, 6) is -0.152. The highest BCUT2D eigenvalue weighted by Crippen LogP contribution is 2.35.